The Morgan fingerprint density at radius 3 is 2.37 bits per heavy atom. The summed E-state index contributed by atoms with van der Waals surface area (Å²) in [6.07, 6.45) is 2.84. The predicted octanol–water partition coefficient (Wildman–Crippen LogP) is 2.41. The number of piperidine rings is 1. The van der Waals surface area contributed by atoms with Gasteiger partial charge in [0.05, 0.1) is 5.41 Å². The summed E-state index contributed by atoms with van der Waals surface area (Å²) in [4.78, 5) is 38.5. The van der Waals surface area contributed by atoms with E-state index in [1.54, 1.807) is 4.90 Å². The topological polar surface area (TPSA) is 75.7 Å². The van der Waals surface area contributed by atoms with Gasteiger partial charge in [0, 0.05) is 26.1 Å². The maximum Gasteiger partial charge on any atom is 0.317 e. The molecule has 6 nitrogen and oxygen atoms in total. The molecule has 1 aromatic rings. The minimum atomic E-state index is -0.817. The van der Waals surface area contributed by atoms with Crippen molar-refractivity contribution < 1.29 is 19.1 Å². The minimum absolute atomic E-state index is 0.00863. The van der Waals surface area contributed by atoms with Crippen molar-refractivity contribution in [2.24, 2.45) is 0 Å². The summed E-state index contributed by atoms with van der Waals surface area (Å²) in [7, 11) is 0. The van der Waals surface area contributed by atoms with Gasteiger partial charge in [-0.15, -0.1) is 0 Å². The van der Waals surface area contributed by atoms with Crippen molar-refractivity contribution >= 4 is 17.8 Å². The maximum atomic E-state index is 13.0. The number of benzene rings is 1. The van der Waals surface area contributed by atoms with Gasteiger partial charge >= 0.3 is 5.97 Å². The molecular weight excluding hydrogens is 344 g/mol. The molecule has 0 bridgehead atoms. The van der Waals surface area contributed by atoms with Gasteiger partial charge in [-0.05, 0) is 31.7 Å². The van der Waals surface area contributed by atoms with E-state index in [4.69, 9.17) is 4.74 Å². The molecule has 0 spiro atoms. The first-order valence-electron chi connectivity index (χ1n) is 9.66. The van der Waals surface area contributed by atoms with E-state index in [0.717, 1.165) is 18.4 Å². The van der Waals surface area contributed by atoms with Crippen LogP contribution in [0.3, 0.4) is 0 Å². The van der Waals surface area contributed by atoms with Crippen LogP contribution in [0.1, 0.15) is 52.0 Å². The Hall–Kier alpha value is -2.37. The molecule has 1 heterocycles. The first kappa shape index (κ1) is 20.9. The van der Waals surface area contributed by atoms with E-state index < -0.39 is 11.4 Å². The first-order valence-corrected chi connectivity index (χ1v) is 9.66. The molecule has 148 valence electrons. The number of rotatable bonds is 7. The van der Waals surface area contributed by atoms with Crippen LogP contribution in [0.25, 0.3) is 0 Å². The van der Waals surface area contributed by atoms with Gasteiger partial charge in [0.25, 0.3) is 5.91 Å². The summed E-state index contributed by atoms with van der Waals surface area (Å²) in [5.74, 6) is -0.668. The largest absolute Gasteiger partial charge is 0.455 e. The molecule has 2 amide bonds. The van der Waals surface area contributed by atoms with Crippen LogP contribution in [0.4, 0.5) is 0 Å². The van der Waals surface area contributed by atoms with Gasteiger partial charge in [-0.3, -0.25) is 14.4 Å². The van der Waals surface area contributed by atoms with E-state index in [9.17, 15) is 14.4 Å². The summed E-state index contributed by atoms with van der Waals surface area (Å²) in [6.45, 7) is 6.25. The molecule has 1 atom stereocenters. The zero-order valence-corrected chi connectivity index (χ0v) is 16.5. The lowest BCUT2D eigenvalue weighted by molar-refractivity contribution is -0.157. The highest BCUT2D eigenvalue weighted by Gasteiger charge is 2.44. The number of ether oxygens (including phenoxy) is 1. The lowest BCUT2D eigenvalue weighted by atomic mass is 9.72. The molecule has 2 rings (SSSR count). The van der Waals surface area contributed by atoms with E-state index in [1.165, 1.54) is 6.92 Å². The number of carbonyl (C=O) groups is 3. The van der Waals surface area contributed by atoms with Crippen LogP contribution in [0.5, 0.6) is 0 Å². The summed E-state index contributed by atoms with van der Waals surface area (Å²) in [5, 5.41) is 2.84. The van der Waals surface area contributed by atoms with Crippen molar-refractivity contribution in [2.75, 3.05) is 19.7 Å². The van der Waals surface area contributed by atoms with Gasteiger partial charge in [-0.2, -0.15) is 0 Å². The highest BCUT2D eigenvalue weighted by molar-refractivity contribution is 5.87. The van der Waals surface area contributed by atoms with Crippen molar-refractivity contribution in [3.63, 3.8) is 0 Å². The molecule has 0 aromatic heterocycles. The molecule has 0 radical (unpaired) electrons. The summed E-state index contributed by atoms with van der Waals surface area (Å²) >= 11 is 0. The number of likely N-dealkylation sites (tertiary alicyclic amines) is 1. The fourth-order valence-electron chi connectivity index (χ4n) is 3.66. The molecule has 1 saturated heterocycles. The van der Waals surface area contributed by atoms with E-state index in [-0.39, 0.29) is 24.5 Å². The Labute approximate surface area is 161 Å². The summed E-state index contributed by atoms with van der Waals surface area (Å²) in [6, 6.07) is 9.56. The Morgan fingerprint density at radius 1 is 1.19 bits per heavy atom. The molecule has 1 fully saturated rings. The van der Waals surface area contributed by atoms with Gasteiger partial charge in [-0.1, -0.05) is 43.7 Å². The number of nitrogens with zero attached hydrogens (tertiary/aromatic N) is 1. The third kappa shape index (κ3) is 5.31. The second kappa shape index (κ2) is 9.53. The highest BCUT2D eigenvalue weighted by atomic mass is 16.5. The third-order valence-corrected chi connectivity index (χ3v) is 5.24. The monoisotopic (exact) mass is 374 g/mol. The predicted molar refractivity (Wildman–Crippen MR) is 103 cm³/mol. The van der Waals surface area contributed by atoms with E-state index in [1.807, 2.05) is 37.3 Å². The zero-order valence-electron chi connectivity index (χ0n) is 16.5. The molecule has 6 heteroatoms. The second-order valence-corrected chi connectivity index (χ2v) is 7.29. The van der Waals surface area contributed by atoms with Gasteiger partial charge in [-0.25, -0.2) is 0 Å². The van der Waals surface area contributed by atoms with Crippen molar-refractivity contribution in [1.82, 2.24) is 10.2 Å². The Bertz CT molecular complexity index is 651. The van der Waals surface area contributed by atoms with Crippen molar-refractivity contribution in [3.8, 4) is 0 Å². The van der Waals surface area contributed by atoms with Crippen LogP contribution in [-0.4, -0.2) is 48.4 Å². The Kier molecular flexibility index (Phi) is 7.39. The fourth-order valence-corrected chi connectivity index (χ4v) is 3.66. The van der Waals surface area contributed by atoms with Crippen LogP contribution in [0.2, 0.25) is 0 Å². The maximum absolute atomic E-state index is 13.0. The second-order valence-electron chi connectivity index (χ2n) is 7.29. The van der Waals surface area contributed by atoms with E-state index in [2.05, 4.69) is 12.2 Å². The fraction of sp³-hybridized carbons (Fsp3) is 0.571. The smallest absolute Gasteiger partial charge is 0.317 e. The van der Waals surface area contributed by atoms with Crippen molar-refractivity contribution in [2.45, 2.75) is 57.9 Å². The molecule has 0 unspecified atom stereocenters. The highest BCUT2D eigenvalue weighted by Crippen LogP contribution is 2.37. The normalized spacial score (nSPS) is 17.1. The van der Waals surface area contributed by atoms with Crippen molar-refractivity contribution in [1.29, 1.82) is 0 Å². The number of amides is 2. The molecule has 1 aromatic carbocycles. The number of nitrogens with one attached hydrogen (secondary N) is 1. The van der Waals surface area contributed by atoms with E-state index >= 15 is 0 Å². The number of hydrogen-bond acceptors (Lipinski definition) is 4. The standard InChI is InChI=1S/C21H30N2O4/c1-4-8-16(2)22-19(25)15-27-20(26)21(18-9-6-5-7-10-18)11-13-23(14-12-21)17(3)24/h5-7,9-10,16H,4,8,11-15H2,1-3H3,(H,22,25)/t16-/m0/s1. The Morgan fingerprint density at radius 2 is 1.81 bits per heavy atom. The van der Waals surface area contributed by atoms with Crippen LogP contribution in [-0.2, 0) is 24.5 Å². The summed E-state index contributed by atoms with van der Waals surface area (Å²) in [5.41, 5.74) is 0.0562. The quantitative estimate of drug-likeness (QED) is 0.744. The Balaban J connectivity index is 2.07. The van der Waals surface area contributed by atoms with Gasteiger partial charge < -0.3 is 15.0 Å². The molecule has 27 heavy (non-hydrogen) atoms. The molecule has 1 aliphatic rings. The SMILES string of the molecule is CCC[C@H](C)NC(=O)COC(=O)C1(c2ccccc2)CCN(C(C)=O)CC1. The lowest BCUT2D eigenvalue weighted by Gasteiger charge is -2.40. The van der Waals surface area contributed by atoms with Gasteiger partial charge in [0.1, 0.15) is 0 Å². The van der Waals surface area contributed by atoms with Crippen LogP contribution >= 0.6 is 0 Å². The van der Waals surface area contributed by atoms with Crippen LogP contribution in [0.15, 0.2) is 30.3 Å². The molecule has 0 saturated carbocycles. The zero-order chi connectivity index (χ0) is 19.9. The van der Waals surface area contributed by atoms with Crippen LogP contribution < -0.4 is 5.32 Å². The average molecular weight is 374 g/mol. The summed E-state index contributed by atoms with van der Waals surface area (Å²) < 4.78 is 5.42. The molecule has 1 aliphatic heterocycles. The average Bonchev–Trinajstić information content (AvgIpc) is 2.67. The van der Waals surface area contributed by atoms with Gasteiger partial charge in [0.2, 0.25) is 5.91 Å². The third-order valence-electron chi connectivity index (χ3n) is 5.24. The number of esters is 1. The van der Waals surface area contributed by atoms with Gasteiger partial charge in [0.15, 0.2) is 6.61 Å². The first-order chi connectivity index (χ1) is 12.9. The number of hydrogen-bond donors (Lipinski definition) is 1. The molecule has 0 aliphatic carbocycles. The van der Waals surface area contributed by atoms with Crippen LogP contribution in [0, 0.1) is 0 Å². The molecule has 1 N–H and O–H groups in total. The number of carbonyl (C=O) groups excluding carboxylic acids is 3. The van der Waals surface area contributed by atoms with E-state index in [0.29, 0.717) is 25.9 Å². The van der Waals surface area contributed by atoms with Crippen molar-refractivity contribution in [3.05, 3.63) is 35.9 Å². The molecular formula is C21H30N2O4. The minimum Gasteiger partial charge on any atom is -0.455 e. The lowest BCUT2D eigenvalue weighted by Crippen LogP contribution is -2.49.